The van der Waals surface area contributed by atoms with Gasteiger partial charge >= 0.3 is 5.97 Å². The average molecular weight is 230 g/mol. The third-order valence-corrected chi connectivity index (χ3v) is 1.81. The standard InChI is InChI=1S/C8H9FN2O3.C2H6/c1-4-6(10)5(8(12)14-9)3-11-7(4)13-2;1-2/h3H,1-2H3,(H2,10,11);1-2H3. The summed E-state index contributed by atoms with van der Waals surface area (Å²) in [6.45, 7) is 5.61. The second kappa shape index (κ2) is 6.60. The van der Waals surface area contributed by atoms with Crippen molar-refractivity contribution in [3.05, 3.63) is 17.3 Å². The second-order valence-corrected chi connectivity index (χ2v) is 2.58. The minimum absolute atomic E-state index is 0.0968. The normalized spacial score (nSPS) is 8.81. The summed E-state index contributed by atoms with van der Waals surface area (Å²) in [5.41, 5.74) is 5.99. The van der Waals surface area contributed by atoms with Gasteiger partial charge in [0.2, 0.25) is 5.88 Å². The first-order valence-electron chi connectivity index (χ1n) is 4.73. The molecule has 16 heavy (non-hydrogen) atoms. The number of nitrogens with zero attached hydrogens (tertiary/aromatic N) is 1. The van der Waals surface area contributed by atoms with Gasteiger partial charge in [-0.05, 0) is 6.92 Å². The summed E-state index contributed by atoms with van der Waals surface area (Å²) in [5.74, 6) is -0.876. The summed E-state index contributed by atoms with van der Waals surface area (Å²) in [6, 6.07) is 0. The number of hydrogen-bond donors (Lipinski definition) is 1. The van der Waals surface area contributed by atoms with Crippen molar-refractivity contribution in [2.24, 2.45) is 0 Å². The molecule has 5 nitrogen and oxygen atoms in total. The Labute approximate surface area is 93.3 Å². The highest BCUT2D eigenvalue weighted by Crippen LogP contribution is 2.24. The Morgan fingerprint density at radius 3 is 2.50 bits per heavy atom. The molecule has 2 N–H and O–H groups in total. The molecule has 0 atom stereocenters. The fourth-order valence-corrected chi connectivity index (χ4v) is 1.02. The Bertz CT molecular complexity index is 369. The number of carbonyl (C=O) groups excluding carboxylic acids is 1. The number of methoxy groups -OCH3 is 1. The molecule has 0 aliphatic carbocycles. The minimum atomic E-state index is -1.17. The van der Waals surface area contributed by atoms with Gasteiger partial charge in [0.25, 0.3) is 0 Å². The van der Waals surface area contributed by atoms with Crippen LogP contribution in [0.2, 0.25) is 0 Å². The molecular weight excluding hydrogens is 215 g/mol. The third-order valence-electron chi connectivity index (χ3n) is 1.81. The smallest absolute Gasteiger partial charge is 0.383 e. The summed E-state index contributed by atoms with van der Waals surface area (Å²) >= 11 is 0. The Balaban J connectivity index is 0.00000106. The molecule has 0 radical (unpaired) electrons. The summed E-state index contributed by atoms with van der Waals surface area (Å²) < 4.78 is 16.5. The number of aromatic nitrogens is 1. The van der Waals surface area contributed by atoms with E-state index in [0.717, 1.165) is 6.20 Å². The number of hydrogen-bond acceptors (Lipinski definition) is 5. The van der Waals surface area contributed by atoms with E-state index in [4.69, 9.17) is 10.5 Å². The van der Waals surface area contributed by atoms with Crippen LogP contribution in [0.25, 0.3) is 0 Å². The van der Waals surface area contributed by atoms with E-state index in [1.807, 2.05) is 13.8 Å². The molecule has 1 aromatic heterocycles. The van der Waals surface area contributed by atoms with Crippen molar-refractivity contribution < 1.29 is 19.0 Å². The second-order valence-electron chi connectivity index (χ2n) is 2.58. The van der Waals surface area contributed by atoms with Crippen molar-refractivity contribution in [1.29, 1.82) is 0 Å². The monoisotopic (exact) mass is 230 g/mol. The minimum Gasteiger partial charge on any atom is -0.481 e. The zero-order chi connectivity index (χ0) is 12.7. The highest BCUT2D eigenvalue weighted by molar-refractivity contribution is 5.95. The van der Waals surface area contributed by atoms with Gasteiger partial charge in [-0.15, -0.1) is 0 Å². The molecule has 1 aromatic rings. The van der Waals surface area contributed by atoms with E-state index in [1.165, 1.54) is 7.11 Å². The average Bonchev–Trinajstić information content (AvgIpc) is 2.34. The zero-order valence-electron chi connectivity index (χ0n) is 9.70. The predicted molar refractivity (Wildman–Crippen MR) is 57.8 cm³/mol. The van der Waals surface area contributed by atoms with E-state index < -0.39 is 5.97 Å². The molecule has 90 valence electrons. The molecule has 0 aliphatic rings. The van der Waals surface area contributed by atoms with Gasteiger partial charge in [-0.1, -0.05) is 13.8 Å². The van der Waals surface area contributed by atoms with Gasteiger partial charge in [-0.3, -0.25) is 0 Å². The van der Waals surface area contributed by atoms with Crippen LogP contribution in [0.5, 0.6) is 5.88 Å². The topological polar surface area (TPSA) is 74.4 Å². The van der Waals surface area contributed by atoms with Gasteiger partial charge in [0, 0.05) is 16.3 Å². The van der Waals surface area contributed by atoms with Crippen LogP contribution in [0.4, 0.5) is 10.2 Å². The van der Waals surface area contributed by atoms with Crippen LogP contribution in [0.3, 0.4) is 0 Å². The maximum absolute atomic E-state index is 11.6. The summed E-state index contributed by atoms with van der Waals surface area (Å²) in [7, 11) is 1.42. The van der Waals surface area contributed by atoms with Gasteiger partial charge < -0.3 is 10.5 Å². The van der Waals surface area contributed by atoms with E-state index >= 15 is 0 Å². The van der Waals surface area contributed by atoms with Crippen molar-refractivity contribution in [1.82, 2.24) is 4.98 Å². The predicted octanol–water partition coefficient (Wildman–Crippen LogP) is 2.05. The van der Waals surface area contributed by atoms with Crippen LogP contribution < -0.4 is 10.5 Å². The molecule has 0 saturated heterocycles. The molecule has 0 saturated carbocycles. The van der Waals surface area contributed by atoms with Crippen LogP contribution in [0, 0.1) is 6.92 Å². The van der Waals surface area contributed by atoms with Crippen molar-refractivity contribution in [2.45, 2.75) is 20.8 Å². The highest BCUT2D eigenvalue weighted by atomic mass is 19.3. The molecule has 0 fully saturated rings. The van der Waals surface area contributed by atoms with Crippen molar-refractivity contribution in [3.8, 4) is 5.88 Å². The molecular formula is C10H15FN2O3. The lowest BCUT2D eigenvalue weighted by molar-refractivity contribution is -0.0787. The number of carbonyl (C=O) groups is 1. The molecule has 0 unspecified atom stereocenters. The SMILES string of the molecule is CC.COc1ncc(C(=O)OF)c(N)c1C. The van der Waals surface area contributed by atoms with Gasteiger partial charge in [-0.2, -0.15) is 0 Å². The number of pyridine rings is 1. The first kappa shape index (κ1) is 14.2. The number of nitrogens with two attached hydrogens (primary N) is 1. The molecule has 6 heteroatoms. The fraction of sp³-hybridized carbons (Fsp3) is 0.400. The summed E-state index contributed by atoms with van der Waals surface area (Å²) in [4.78, 5) is 17.6. The third kappa shape index (κ3) is 2.82. The quantitative estimate of drug-likeness (QED) is 0.841. The van der Waals surface area contributed by atoms with Crippen molar-refractivity contribution >= 4 is 11.7 Å². The number of ether oxygens (including phenoxy) is 1. The van der Waals surface area contributed by atoms with Crippen molar-refractivity contribution in [2.75, 3.05) is 12.8 Å². The first-order chi connectivity index (χ1) is 7.61. The van der Waals surface area contributed by atoms with Crippen LogP contribution in [0.1, 0.15) is 29.8 Å². The number of halogens is 1. The maximum atomic E-state index is 11.6. The maximum Gasteiger partial charge on any atom is 0.383 e. The Morgan fingerprint density at radius 2 is 2.06 bits per heavy atom. The van der Waals surface area contributed by atoms with Crippen LogP contribution in [-0.4, -0.2) is 18.1 Å². The summed E-state index contributed by atoms with van der Waals surface area (Å²) in [5, 5.41) is 0. The van der Waals surface area contributed by atoms with Gasteiger partial charge in [-0.25, -0.2) is 14.7 Å². The highest BCUT2D eigenvalue weighted by Gasteiger charge is 2.16. The summed E-state index contributed by atoms with van der Waals surface area (Å²) in [6.07, 6.45) is 1.10. The van der Waals surface area contributed by atoms with Gasteiger partial charge in [0.15, 0.2) is 0 Å². The largest absolute Gasteiger partial charge is 0.481 e. The fourth-order valence-electron chi connectivity index (χ4n) is 1.02. The molecule has 1 heterocycles. The van der Waals surface area contributed by atoms with E-state index in [-0.39, 0.29) is 17.1 Å². The molecule has 0 aromatic carbocycles. The van der Waals surface area contributed by atoms with E-state index in [0.29, 0.717) is 5.56 Å². The van der Waals surface area contributed by atoms with Gasteiger partial charge in [0.1, 0.15) is 5.56 Å². The Kier molecular flexibility index (Phi) is 5.84. The molecule has 0 aliphatic heterocycles. The number of anilines is 1. The van der Waals surface area contributed by atoms with E-state index in [1.54, 1.807) is 6.92 Å². The molecule has 0 bridgehead atoms. The van der Waals surface area contributed by atoms with Crippen LogP contribution in [0.15, 0.2) is 6.20 Å². The van der Waals surface area contributed by atoms with Crippen molar-refractivity contribution in [3.63, 3.8) is 0 Å². The van der Waals surface area contributed by atoms with E-state index in [2.05, 4.69) is 9.93 Å². The number of rotatable bonds is 2. The number of nitrogen functional groups attached to an aromatic ring is 1. The molecule has 0 amide bonds. The molecule has 0 spiro atoms. The Morgan fingerprint density at radius 1 is 1.50 bits per heavy atom. The lowest BCUT2D eigenvalue weighted by Crippen LogP contribution is -2.07. The lowest BCUT2D eigenvalue weighted by Gasteiger charge is -2.07. The lowest BCUT2D eigenvalue weighted by atomic mass is 10.1. The van der Waals surface area contributed by atoms with Crippen LogP contribution >= 0.6 is 0 Å². The zero-order valence-corrected chi connectivity index (χ0v) is 9.70. The first-order valence-corrected chi connectivity index (χ1v) is 4.73. The van der Waals surface area contributed by atoms with Crippen LogP contribution in [-0.2, 0) is 4.94 Å². The van der Waals surface area contributed by atoms with Gasteiger partial charge in [0.05, 0.1) is 12.8 Å². The Hall–Kier alpha value is -1.85. The van der Waals surface area contributed by atoms with E-state index in [9.17, 15) is 9.32 Å². The molecule has 1 rings (SSSR count).